The normalized spacial score (nSPS) is 15.2. The first kappa shape index (κ1) is 26.2. The molecule has 1 aliphatic rings. The Morgan fingerprint density at radius 1 is 1.08 bits per heavy atom. The van der Waals surface area contributed by atoms with E-state index in [0.717, 1.165) is 30.5 Å². The van der Waals surface area contributed by atoms with Crippen molar-refractivity contribution in [2.24, 2.45) is 5.73 Å². The van der Waals surface area contributed by atoms with Gasteiger partial charge in [0.15, 0.2) is 5.82 Å². The van der Waals surface area contributed by atoms with Gasteiger partial charge in [0.1, 0.15) is 28.5 Å². The Kier molecular flexibility index (Phi) is 7.45. The second kappa shape index (κ2) is 11.1. The van der Waals surface area contributed by atoms with Crippen LogP contribution < -0.4 is 16.2 Å². The Hall–Kier alpha value is -4.46. The minimum absolute atomic E-state index is 0. The quantitative estimate of drug-likeness (QED) is 0.344. The molecular formula is C28H27ClN8O2. The lowest BCUT2D eigenvalue weighted by molar-refractivity contribution is 0.420. The summed E-state index contributed by atoms with van der Waals surface area (Å²) in [5.74, 6) is 1.43. The van der Waals surface area contributed by atoms with Crippen molar-refractivity contribution in [3.05, 3.63) is 94.3 Å². The van der Waals surface area contributed by atoms with Gasteiger partial charge in [-0.1, -0.05) is 53.7 Å². The summed E-state index contributed by atoms with van der Waals surface area (Å²) in [5.41, 5.74) is 8.97. The number of fused-ring (bicyclic) bond motifs is 1. The topological polar surface area (TPSA) is 132 Å². The van der Waals surface area contributed by atoms with Crippen LogP contribution in [0.2, 0.25) is 0 Å². The molecule has 3 aromatic heterocycles. The molecule has 1 atom stereocenters. The van der Waals surface area contributed by atoms with Gasteiger partial charge in [0.05, 0.1) is 12.9 Å². The number of rotatable bonds is 6. The number of hydrogen-bond donors (Lipinski definition) is 1. The Labute approximate surface area is 230 Å². The zero-order chi connectivity index (χ0) is 26.1. The molecule has 39 heavy (non-hydrogen) atoms. The van der Waals surface area contributed by atoms with E-state index in [4.69, 9.17) is 10.3 Å². The number of halogens is 1. The van der Waals surface area contributed by atoms with E-state index in [-0.39, 0.29) is 30.6 Å². The molecule has 6 rings (SSSR count). The fourth-order valence-electron chi connectivity index (χ4n) is 5.09. The van der Waals surface area contributed by atoms with E-state index in [1.54, 1.807) is 0 Å². The zero-order valence-corrected chi connectivity index (χ0v) is 21.9. The van der Waals surface area contributed by atoms with Crippen LogP contribution >= 0.6 is 12.4 Å². The van der Waals surface area contributed by atoms with Crippen LogP contribution in [0.1, 0.15) is 29.8 Å². The third-order valence-electron chi connectivity index (χ3n) is 6.85. The summed E-state index contributed by atoms with van der Waals surface area (Å²) in [6.45, 7) is 1.87. The number of benzene rings is 2. The van der Waals surface area contributed by atoms with E-state index >= 15 is 0 Å². The van der Waals surface area contributed by atoms with E-state index in [1.165, 1.54) is 10.9 Å². The fourth-order valence-corrected chi connectivity index (χ4v) is 5.09. The van der Waals surface area contributed by atoms with Crippen LogP contribution in [0.25, 0.3) is 22.5 Å². The highest BCUT2D eigenvalue weighted by molar-refractivity contribution is 5.89. The third-order valence-corrected chi connectivity index (χ3v) is 6.85. The van der Waals surface area contributed by atoms with Gasteiger partial charge in [0.2, 0.25) is 0 Å². The number of anilines is 1. The summed E-state index contributed by atoms with van der Waals surface area (Å²) in [7, 11) is 0. The zero-order valence-electron chi connectivity index (χ0n) is 21.1. The molecule has 11 heteroatoms. The lowest BCUT2D eigenvalue weighted by Gasteiger charge is -2.33. The SMILES string of the molecule is Cl.N#Cc1c(N2CCC[C@H](N)C2)n(Cc2ccccc2)c2c(=O)n(Cc3noc(-c4ccccc4)n3)cnc12. The Bertz CT molecular complexity index is 1690. The average Bonchev–Trinajstić information content (AvgIpc) is 3.54. The maximum absolute atomic E-state index is 13.9. The van der Waals surface area contributed by atoms with E-state index in [9.17, 15) is 10.1 Å². The van der Waals surface area contributed by atoms with Crippen LogP contribution in [-0.4, -0.2) is 43.4 Å². The van der Waals surface area contributed by atoms with Crippen LogP contribution in [0.4, 0.5) is 5.82 Å². The molecule has 0 aliphatic carbocycles. The van der Waals surface area contributed by atoms with Crippen molar-refractivity contribution in [2.45, 2.75) is 32.0 Å². The second-order valence-electron chi connectivity index (χ2n) is 9.49. The Morgan fingerprint density at radius 3 is 2.54 bits per heavy atom. The largest absolute Gasteiger partial charge is 0.355 e. The maximum atomic E-state index is 13.9. The van der Waals surface area contributed by atoms with Crippen molar-refractivity contribution in [1.29, 1.82) is 5.26 Å². The maximum Gasteiger partial charge on any atom is 0.278 e. The number of hydrogen-bond acceptors (Lipinski definition) is 8. The highest BCUT2D eigenvalue weighted by Gasteiger charge is 2.28. The summed E-state index contributed by atoms with van der Waals surface area (Å²) in [4.78, 5) is 25.1. The molecule has 0 bridgehead atoms. The van der Waals surface area contributed by atoms with E-state index in [1.807, 2.05) is 65.2 Å². The highest BCUT2D eigenvalue weighted by atomic mass is 35.5. The smallest absolute Gasteiger partial charge is 0.278 e. The highest BCUT2D eigenvalue weighted by Crippen LogP contribution is 2.32. The predicted molar refractivity (Wildman–Crippen MR) is 150 cm³/mol. The molecule has 0 radical (unpaired) electrons. The lowest BCUT2D eigenvalue weighted by Crippen LogP contribution is -2.44. The number of nitriles is 1. The Morgan fingerprint density at radius 2 is 1.82 bits per heavy atom. The van der Waals surface area contributed by atoms with Gasteiger partial charge < -0.3 is 19.7 Å². The number of nitrogens with two attached hydrogens (primary N) is 1. The van der Waals surface area contributed by atoms with Crippen molar-refractivity contribution >= 4 is 29.3 Å². The molecule has 5 aromatic rings. The van der Waals surface area contributed by atoms with Gasteiger partial charge in [-0.2, -0.15) is 10.2 Å². The predicted octanol–water partition coefficient (Wildman–Crippen LogP) is 3.57. The molecule has 2 aromatic carbocycles. The van der Waals surface area contributed by atoms with Crippen molar-refractivity contribution in [3.8, 4) is 17.5 Å². The van der Waals surface area contributed by atoms with Crippen molar-refractivity contribution < 1.29 is 4.52 Å². The van der Waals surface area contributed by atoms with Crippen molar-refractivity contribution in [1.82, 2.24) is 24.3 Å². The van der Waals surface area contributed by atoms with Gasteiger partial charge in [0.25, 0.3) is 11.4 Å². The van der Waals surface area contributed by atoms with E-state index in [0.29, 0.717) is 47.2 Å². The summed E-state index contributed by atoms with van der Waals surface area (Å²) < 4.78 is 8.79. The number of aromatic nitrogens is 5. The molecule has 2 N–H and O–H groups in total. The van der Waals surface area contributed by atoms with Crippen molar-refractivity contribution in [2.75, 3.05) is 18.0 Å². The Balaban J connectivity index is 0.00000308. The van der Waals surface area contributed by atoms with Gasteiger partial charge >= 0.3 is 0 Å². The van der Waals surface area contributed by atoms with Crippen LogP contribution in [0, 0.1) is 11.3 Å². The number of nitrogens with zero attached hydrogens (tertiary/aromatic N) is 7. The van der Waals surface area contributed by atoms with Gasteiger partial charge in [-0.25, -0.2) is 4.98 Å². The minimum Gasteiger partial charge on any atom is -0.355 e. The molecule has 1 saturated heterocycles. The van der Waals surface area contributed by atoms with Gasteiger partial charge in [-0.05, 0) is 30.5 Å². The molecule has 4 heterocycles. The summed E-state index contributed by atoms with van der Waals surface area (Å²) in [5, 5.41) is 14.3. The van der Waals surface area contributed by atoms with Crippen LogP contribution in [-0.2, 0) is 13.1 Å². The molecule has 10 nitrogen and oxygen atoms in total. The van der Waals surface area contributed by atoms with Crippen molar-refractivity contribution in [3.63, 3.8) is 0 Å². The minimum atomic E-state index is -0.277. The molecule has 198 valence electrons. The monoisotopic (exact) mass is 542 g/mol. The van der Waals surface area contributed by atoms with Crippen LogP contribution in [0.3, 0.4) is 0 Å². The van der Waals surface area contributed by atoms with Crippen LogP contribution in [0.15, 0.2) is 76.3 Å². The second-order valence-corrected chi connectivity index (χ2v) is 9.49. The van der Waals surface area contributed by atoms with Gasteiger partial charge in [-0.15, -0.1) is 12.4 Å². The van der Waals surface area contributed by atoms with E-state index < -0.39 is 0 Å². The standard InChI is InChI=1S/C28H26N8O2.ClH/c29-14-22-24-25(36(15-19-8-3-1-4-9-19)27(22)34-13-7-12-21(30)16-34)28(37)35(18-31-24)17-23-32-26(38-33-23)20-10-5-2-6-11-20;/h1-6,8-11,18,21H,7,12-13,15-17,30H2;1H/t21-;/m0./s1. The molecule has 0 amide bonds. The first-order chi connectivity index (χ1) is 18.6. The number of piperidine rings is 1. The van der Waals surface area contributed by atoms with Crippen LogP contribution in [0.5, 0.6) is 0 Å². The first-order valence-electron chi connectivity index (χ1n) is 12.6. The van der Waals surface area contributed by atoms with Gasteiger partial charge in [0, 0.05) is 31.2 Å². The summed E-state index contributed by atoms with van der Waals surface area (Å²) in [6, 6.07) is 21.6. The lowest BCUT2D eigenvalue weighted by atomic mass is 10.1. The van der Waals surface area contributed by atoms with E-state index in [2.05, 4.69) is 26.1 Å². The molecule has 0 unspecified atom stereocenters. The third kappa shape index (κ3) is 5.02. The summed E-state index contributed by atoms with van der Waals surface area (Å²) >= 11 is 0. The van der Waals surface area contributed by atoms with Gasteiger partial charge in [-0.3, -0.25) is 9.36 Å². The fraction of sp³-hybridized carbons (Fsp3) is 0.250. The first-order valence-corrected chi connectivity index (χ1v) is 12.6. The molecule has 1 aliphatic heterocycles. The molecule has 1 fully saturated rings. The summed E-state index contributed by atoms with van der Waals surface area (Å²) in [6.07, 6.45) is 3.29. The molecular weight excluding hydrogens is 516 g/mol. The average molecular weight is 543 g/mol. The molecule has 0 spiro atoms. The molecule has 0 saturated carbocycles.